The molecule has 0 aromatic rings. The van der Waals surface area contributed by atoms with E-state index in [0.717, 1.165) is 32.1 Å². The van der Waals surface area contributed by atoms with E-state index in [2.05, 4.69) is 27.7 Å². The molecule has 1 fully saturated rings. The molecule has 1 rings (SSSR count). The average Bonchev–Trinajstić information content (AvgIpc) is 2.22. The maximum absolute atomic E-state index is 11.6. The molecular formula is C15H27NO. The first-order chi connectivity index (χ1) is 7.92. The normalized spacial score (nSPS) is 22.9. The molecule has 0 aromatic carbocycles. The third-order valence-electron chi connectivity index (χ3n) is 3.22. The molecule has 0 aromatic heterocycles. The zero-order valence-electron chi connectivity index (χ0n) is 11.9. The second kappa shape index (κ2) is 6.32. The van der Waals surface area contributed by atoms with Crippen LogP contribution in [0.1, 0.15) is 72.6 Å². The van der Waals surface area contributed by atoms with Gasteiger partial charge in [0.2, 0.25) is 0 Å². The fourth-order valence-electron chi connectivity index (χ4n) is 2.45. The number of nitrogens with zero attached hydrogens (tertiary/aromatic N) is 1. The van der Waals surface area contributed by atoms with E-state index in [1.807, 2.05) is 0 Å². The number of rotatable bonds is 4. The third kappa shape index (κ3) is 5.47. The first-order valence-corrected chi connectivity index (χ1v) is 7.02. The van der Waals surface area contributed by atoms with Crippen molar-refractivity contribution < 1.29 is 4.79 Å². The summed E-state index contributed by atoms with van der Waals surface area (Å²) in [5, 5.41) is 0. The highest BCUT2D eigenvalue weighted by Crippen LogP contribution is 2.26. The van der Waals surface area contributed by atoms with E-state index in [0.29, 0.717) is 11.7 Å². The molecule has 1 atom stereocenters. The number of carbonyl (C=O) groups excluding carboxylic acids is 1. The van der Waals surface area contributed by atoms with Crippen molar-refractivity contribution in [1.82, 2.24) is 0 Å². The van der Waals surface area contributed by atoms with Crippen LogP contribution in [-0.2, 0) is 4.79 Å². The maximum atomic E-state index is 11.6. The molecule has 0 spiro atoms. The lowest BCUT2D eigenvalue weighted by Crippen LogP contribution is -2.26. The summed E-state index contributed by atoms with van der Waals surface area (Å²) < 4.78 is 0. The molecule has 0 radical (unpaired) electrons. The standard InChI is InChI=1S/C15H27NO/c1-5-6-10-14(16-15(2,3)4)12-8-7-9-13(17)11-12/h12H,5-11H2,1-4H3. The molecule has 17 heavy (non-hydrogen) atoms. The minimum atomic E-state index is -0.0103. The molecule has 1 aliphatic carbocycles. The average molecular weight is 237 g/mol. The predicted octanol–water partition coefficient (Wildman–Crippen LogP) is 4.18. The summed E-state index contributed by atoms with van der Waals surface area (Å²) in [6.45, 7) is 8.64. The van der Waals surface area contributed by atoms with E-state index in [1.54, 1.807) is 0 Å². The largest absolute Gasteiger partial charge is 0.300 e. The fourth-order valence-corrected chi connectivity index (χ4v) is 2.45. The van der Waals surface area contributed by atoms with Gasteiger partial charge in [-0.2, -0.15) is 0 Å². The van der Waals surface area contributed by atoms with E-state index in [1.165, 1.54) is 18.6 Å². The van der Waals surface area contributed by atoms with Gasteiger partial charge < -0.3 is 0 Å². The third-order valence-corrected chi connectivity index (χ3v) is 3.22. The van der Waals surface area contributed by atoms with Gasteiger partial charge in [-0.1, -0.05) is 13.3 Å². The number of ketones is 1. The monoisotopic (exact) mass is 237 g/mol. The first-order valence-electron chi connectivity index (χ1n) is 7.02. The molecule has 1 unspecified atom stereocenters. The van der Waals surface area contributed by atoms with Crippen molar-refractivity contribution in [1.29, 1.82) is 0 Å². The Morgan fingerprint density at radius 3 is 2.65 bits per heavy atom. The van der Waals surface area contributed by atoms with Gasteiger partial charge in [0.1, 0.15) is 5.78 Å². The summed E-state index contributed by atoms with van der Waals surface area (Å²) >= 11 is 0. The van der Waals surface area contributed by atoms with Gasteiger partial charge in [0.25, 0.3) is 0 Å². The highest BCUT2D eigenvalue weighted by Gasteiger charge is 2.24. The van der Waals surface area contributed by atoms with Gasteiger partial charge in [-0.25, -0.2) is 0 Å². The highest BCUT2D eigenvalue weighted by atomic mass is 16.1. The zero-order valence-corrected chi connectivity index (χ0v) is 11.9. The summed E-state index contributed by atoms with van der Waals surface area (Å²) in [5.41, 5.74) is 1.29. The molecule has 0 bridgehead atoms. The molecule has 0 saturated heterocycles. The molecule has 98 valence electrons. The van der Waals surface area contributed by atoms with Gasteiger partial charge in [-0.15, -0.1) is 0 Å². The van der Waals surface area contributed by atoms with Crippen molar-refractivity contribution in [3.8, 4) is 0 Å². The highest BCUT2D eigenvalue weighted by molar-refractivity contribution is 5.92. The predicted molar refractivity (Wildman–Crippen MR) is 73.7 cm³/mol. The number of hydrogen-bond donors (Lipinski definition) is 0. The summed E-state index contributed by atoms with van der Waals surface area (Å²) in [5.74, 6) is 0.862. The molecule has 2 nitrogen and oxygen atoms in total. The van der Waals surface area contributed by atoms with Gasteiger partial charge in [-0.05, 0) is 46.5 Å². The molecule has 0 aliphatic heterocycles. The lowest BCUT2D eigenvalue weighted by atomic mass is 9.83. The molecule has 0 amide bonds. The molecule has 1 saturated carbocycles. The van der Waals surface area contributed by atoms with Crippen molar-refractivity contribution in [2.75, 3.05) is 0 Å². The molecule has 1 aliphatic rings. The van der Waals surface area contributed by atoms with E-state index in [9.17, 15) is 4.79 Å². The minimum Gasteiger partial charge on any atom is -0.300 e. The SMILES string of the molecule is CCCCC(=NC(C)(C)C)C1CCCC(=O)C1. The van der Waals surface area contributed by atoms with Crippen LogP contribution in [0.2, 0.25) is 0 Å². The van der Waals surface area contributed by atoms with Gasteiger partial charge in [-0.3, -0.25) is 9.79 Å². The van der Waals surface area contributed by atoms with Crippen molar-refractivity contribution in [2.24, 2.45) is 10.9 Å². The second-order valence-electron chi connectivity index (χ2n) is 6.21. The van der Waals surface area contributed by atoms with Crippen molar-refractivity contribution in [3.63, 3.8) is 0 Å². The van der Waals surface area contributed by atoms with Crippen LogP contribution in [0.5, 0.6) is 0 Å². The number of aliphatic imine (C=N–C) groups is 1. The van der Waals surface area contributed by atoms with Crippen LogP contribution in [0, 0.1) is 5.92 Å². The fraction of sp³-hybridized carbons (Fsp3) is 0.867. The minimum absolute atomic E-state index is 0.0103. The summed E-state index contributed by atoms with van der Waals surface area (Å²) in [6.07, 6.45) is 7.20. The summed E-state index contributed by atoms with van der Waals surface area (Å²) in [6, 6.07) is 0. The van der Waals surface area contributed by atoms with Gasteiger partial charge >= 0.3 is 0 Å². The van der Waals surface area contributed by atoms with Crippen LogP contribution < -0.4 is 0 Å². The van der Waals surface area contributed by atoms with Crippen LogP contribution in [-0.4, -0.2) is 17.0 Å². The summed E-state index contributed by atoms with van der Waals surface area (Å²) in [4.78, 5) is 16.4. The van der Waals surface area contributed by atoms with Crippen molar-refractivity contribution in [3.05, 3.63) is 0 Å². The number of carbonyl (C=O) groups is 1. The Morgan fingerprint density at radius 1 is 1.41 bits per heavy atom. The molecule has 0 heterocycles. The van der Waals surface area contributed by atoms with Crippen molar-refractivity contribution >= 4 is 11.5 Å². The first kappa shape index (κ1) is 14.4. The van der Waals surface area contributed by atoms with E-state index < -0.39 is 0 Å². The van der Waals surface area contributed by atoms with Gasteiger partial charge in [0.15, 0.2) is 0 Å². The Bertz CT molecular complexity index is 286. The van der Waals surface area contributed by atoms with Gasteiger partial charge in [0, 0.05) is 24.5 Å². The van der Waals surface area contributed by atoms with E-state index in [4.69, 9.17) is 4.99 Å². The van der Waals surface area contributed by atoms with Crippen LogP contribution in [0.4, 0.5) is 0 Å². The Kier molecular flexibility index (Phi) is 5.35. The topological polar surface area (TPSA) is 29.4 Å². The van der Waals surface area contributed by atoms with Crippen LogP contribution in [0.15, 0.2) is 4.99 Å². The van der Waals surface area contributed by atoms with E-state index in [-0.39, 0.29) is 5.54 Å². The quantitative estimate of drug-likeness (QED) is 0.675. The lowest BCUT2D eigenvalue weighted by Gasteiger charge is -2.26. The number of Topliss-reactive ketones (excluding diaryl/α,β-unsaturated/α-hetero) is 1. The molecule has 2 heteroatoms. The molecule has 0 N–H and O–H groups in total. The van der Waals surface area contributed by atoms with Crippen LogP contribution >= 0.6 is 0 Å². The van der Waals surface area contributed by atoms with Crippen molar-refractivity contribution in [2.45, 2.75) is 78.2 Å². The Labute approximate surface area is 106 Å². The number of unbranched alkanes of at least 4 members (excludes halogenated alkanes) is 1. The smallest absolute Gasteiger partial charge is 0.133 e. The van der Waals surface area contributed by atoms with Crippen LogP contribution in [0.3, 0.4) is 0 Å². The maximum Gasteiger partial charge on any atom is 0.133 e. The molecular weight excluding hydrogens is 210 g/mol. The van der Waals surface area contributed by atoms with Crippen LogP contribution in [0.25, 0.3) is 0 Å². The number of hydrogen-bond acceptors (Lipinski definition) is 2. The Hall–Kier alpha value is -0.660. The lowest BCUT2D eigenvalue weighted by molar-refractivity contribution is -0.120. The van der Waals surface area contributed by atoms with E-state index >= 15 is 0 Å². The Balaban J connectivity index is 2.74. The Morgan fingerprint density at radius 2 is 2.12 bits per heavy atom. The second-order valence-corrected chi connectivity index (χ2v) is 6.21. The van der Waals surface area contributed by atoms with Gasteiger partial charge in [0.05, 0.1) is 5.54 Å². The zero-order chi connectivity index (χ0) is 12.9. The summed E-state index contributed by atoms with van der Waals surface area (Å²) in [7, 11) is 0.